The van der Waals surface area contributed by atoms with Gasteiger partial charge in [-0.25, -0.2) is 0 Å². The molecule has 5 nitrogen and oxygen atoms in total. The van der Waals surface area contributed by atoms with Crippen LogP contribution < -0.4 is 9.47 Å². The molecule has 22 heavy (non-hydrogen) atoms. The van der Waals surface area contributed by atoms with E-state index in [4.69, 9.17) is 9.47 Å². The van der Waals surface area contributed by atoms with E-state index in [0.717, 1.165) is 11.1 Å². The van der Waals surface area contributed by atoms with E-state index in [0.29, 0.717) is 31.0 Å². The van der Waals surface area contributed by atoms with Crippen molar-refractivity contribution < 1.29 is 19.4 Å². The minimum atomic E-state index is -0.788. The van der Waals surface area contributed by atoms with E-state index < -0.39 is 11.5 Å². The number of hydrogen-bond donors (Lipinski definition) is 1. The van der Waals surface area contributed by atoms with Crippen LogP contribution in [0.25, 0.3) is 0 Å². The van der Waals surface area contributed by atoms with Crippen LogP contribution in [-0.4, -0.2) is 48.7 Å². The van der Waals surface area contributed by atoms with Crippen LogP contribution in [-0.2, 0) is 16.8 Å². The minimum Gasteiger partial charge on any atom is -0.493 e. The number of Topliss-reactive ketones (excluding diaryl/α,β-unsaturated/α-hetero) is 1. The molecular formula is C17H19NO4. The van der Waals surface area contributed by atoms with Crippen molar-refractivity contribution in [2.75, 3.05) is 20.7 Å². The third kappa shape index (κ3) is 1.63. The summed E-state index contributed by atoms with van der Waals surface area (Å²) in [6.45, 7) is 1.07. The van der Waals surface area contributed by atoms with Gasteiger partial charge in [0.05, 0.1) is 19.8 Å². The third-order valence-corrected chi connectivity index (χ3v) is 4.96. The second-order valence-corrected chi connectivity index (χ2v) is 6.36. The van der Waals surface area contributed by atoms with Gasteiger partial charge in [-0.05, 0) is 18.7 Å². The van der Waals surface area contributed by atoms with Crippen LogP contribution >= 0.6 is 0 Å². The number of carbonyl (C=O) groups is 1. The summed E-state index contributed by atoms with van der Waals surface area (Å²) in [5.74, 6) is 1.43. The zero-order valence-electron chi connectivity index (χ0n) is 12.7. The fourth-order valence-electron chi connectivity index (χ4n) is 3.98. The summed E-state index contributed by atoms with van der Waals surface area (Å²) in [6, 6.07) is 3.90. The second-order valence-electron chi connectivity index (χ2n) is 6.36. The molecule has 1 spiro atoms. The topological polar surface area (TPSA) is 59.0 Å². The Morgan fingerprint density at radius 3 is 3.00 bits per heavy atom. The summed E-state index contributed by atoms with van der Waals surface area (Å²) in [5, 5.41) is 9.95. The minimum absolute atomic E-state index is 0.119. The van der Waals surface area contributed by atoms with Crippen molar-refractivity contribution in [2.45, 2.75) is 30.6 Å². The van der Waals surface area contributed by atoms with E-state index >= 15 is 0 Å². The summed E-state index contributed by atoms with van der Waals surface area (Å²) in [7, 11) is 3.55. The lowest BCUT2D eigenvalue weighted by molar-refractivity contribution is -0.126. The molecule has 116 valence electrons. The molecule has 0 aromatic heterocycles. The molecule has 3 atom stereocenters. The van der Waals surface area contributed by atoms with Gasteiger partial charge in [-0.2, -0.15) is 0 Å². The molecule has 0 unspecified atom stereocenters. The zero-order valence-corrected chi connectivity index (χ0v) is 12.7. The molecule has 0 saturated carbocycles. The Morgan fingerprint density at radius 2 is 2.23 bits per heavy atom. The van der Waals surface area contributed by atoms with Crippen molar-refractivity contribution in [1.29, 1.82) is 0 Å². The molecule has 0 radical (unpaired) electrons. The monoisotopic (exact) mass is 301 g/mol. The van der Waals surface area contributed by atoms with Crippen molar-refractivity contribution in [3.8, 4) is 11.5 Å². The van der Waals surface area contributed by atoms with Gasteiger partial charge in [0.25, 0.3) is 0 Å². The van der Waals surface area contributed by atoms with Crippen LogP contribution in [0.15, 0.2) is 24.3 Å². The molecule has 1 N–H and O–H groups in total. The van der Waals surface area contributed by atoms with Crippen molar-refractivity contribution in [3.63, 3.8) is 0 Å². The molecule has 2 aliphatic heterocycles. The van der Waals surface area contributed by atoms with Gasteiger partial charge < -0.3 is 14.6 Å². The van der Waals surface area contributed by atoms with Crippen LogP contribution in [0.4, 0.5) is 0 Å². The number of hydrogen-bond acceptors (Lipinski definition) is 5. The summed E-state index contributed by atoms with van der Waals surface area (Å²) >= 11 is 0. The maximum absolute atomic E-state index is 13.0. The van der Waals surface area contributed by atoms with Gasteiger partial charge in [-0.3, -0.25) is 9.69 Å². The van der Waals surface area contributed by atoms with Gasteiger partial charge >= 0.3 is 0 Å². The lowest BCUT2D eigenvalue weighted by Crippen LogP contribution is -2.49. The van der Waals surface area contributed by atoms with Crippen molar-refractivity contribution in [2.24, 2.45) is 0 Å². The Labute approximate surface area is 129 Å². The Balaban J connectivity index is 2.02. The highest BCUT2D eigenvalue weighted by Gasteiger charge is 2.57. The third-order valence-electron chi connectivity index (χ3n) is 4.96. The van der Waals surface area contributed by atoms with E-state index in [1.54, 1.807) is 13.2 Å². The first kappa shape index (κ1) is 13.8. The SMILES string of the molecule is COc1ccc2c3c1O[C@H]1C[C@@H](O)C=C[C@@]31C(=O)CN(C)C2. The van der Waals surface area contributed by atoms with E-state index in [-0.39, 0.29) is 11.9 Å². The number of aliphatic hydroxyl groups excluding tert-OH is 1. The zero-order chi connectivity index (χ0) is 15.5. The predicted octanol–water partition coefficient (Wildman–Crippen LogP) is 1.03. The smallest absolute Gasteiger partial charge is 0.166 e. The number of rotatable bonds is 1. The highest BCUT2D eigenvalue weighted by molar-refractivity contribution is 5.98. The van der Waals surface area contributed by atoms with E-state index in [2.05, 4.69) is 0 Å². The van der Waals surface area contributed by atoms with Gasteiger partial charge in [0.2, 0.25) is 0 Å². The fourth-order valence-corrected chi connectivity index (χ4v) is 3.98. The highest BCUT2D eigenvalue weighted by atomic mass is 16.5. The molecule has 0 amide bonds. The molecule has 4 rings (SSSR count). The van der Waals surface area contributed by atoms with Gasteiger partial charge in [-0.1, -0.05) is 18.2 Å². The molecule has 1 aromatic carbocycles. The quantitative estimate of drug-likeness (QED) is 0.785. The molecule has 5 heteroatoms. The molecule has 0 saturated heterocycles. The van der Waals surface area contributed by atoms with Crippen LogP contribution in [0.1, 0.15) is 17.5 Å². The van der Waals surface area contributed by atoms with Gasteiger partial charge in [0.1, 0.15) is 11.5 Å². The van der Waals surface area contributed by atoms with E-state index in [1.807, 2.05) is 30.2 Å². The highest BCUT2D eigenvalue weighted by Crippen LogP contribution is 2.54. The number of methoxy groups -OCH3 is 1. The Kier molecular flexibility index (Phi) is 2.86. The van der Waals surface area contributed by atoms with Crippen LogP contribution in [0.2, 0.25) is 0 Å². The maximum Gasteiger partial charge on any atom is 0.166 e. The number of aliphatic hydroxyl groups is 1. The van der Waals surface area contributed by atoms with Crippen LogP contribution in [0, 0.1) is 0 Å². The first-order valence-electron chi connectivity index (χ1n) is 7.52. The summed E-state index contributed by atoms with van der Waals surface area (Å²) in [6.07, 6.45) is 3.05. The van der Waals surface area contributed by atoms with Gasteiger partial charge in [0.15, 0.2) is 17.3 Å². The summed E-state index contributed by atoms with van der Waals surface area (Å²) < 4.78 is 11.5. The Morgan fingerprint density at radius 1 is 1.41 bits per heavy atom. The molecule has 3 aliphatic rings. The van der Waals surface area contributed by atoms with E-state index in [9.17, 15) is 9.90 Å². The first-order valence-corrected chi connectivity index (χ1v) is 7.52. The molecule has 1 aromatic rings. The van der Waals surface area contributed by atoms with Gasteiger partial charge in [0, 0.05) is 18.5 Å². The number of likely N-dealkylation sites (N-methyl/N-ethyl adjacent to an activating group) is 1. The summed E-state index contributed by atoms with van der Waals surface area (Å²) in [5.41, 5.74) is 1.23. The fraction of sp³-hybridized carbons (Fsp3) is 0.471. The number of benzene rings is 1. The van der Waals surface area contributed by atoms with Crippen molar-refractivity contribution in [3.05, 3.63) is 35.4 Å². The average molecular weight is 301 g/mol. The Bertz CT molecular complexity index is 683. The largest absolute Gasteiger partial charge is 0.493 e. The first-order chi connectivity index (χ1) is 10.6. The van der Waals surface area contributed by atoms with Crippen LogP contribution in [0.3, 0.4) is 0 Å². The molecule has 0 bridgehead atoms. The number of ether oxygens (including phenoxy) is 2. The molecular weight excluding hydrogens is 282 g/mol. The summed E-state index contributed by atoms with van der Waals surface area (Å²) in [4.78, 5) is 15.0. The Hall–Kier alpha value is -1.85. The molecule has 2 heterocycles. The number of nitrogens with zero attached hydrogens (tertiary/aromatic N) is 1. The normalized spacial score (nSPS) is 33.0. The second kappa shape index (κ2) is 4.57. The number of carbonyl (C=O) groups excluding carboxylic acids is 1. The van der Waals surface area contributed by atoms with Crippen molar-refractivity contribution >= 4 is 5.78 Å². The standard InChI is InChI=1S/C17H19NO4/c1-18-8-10-3-4-12(21-2)16-15(10)17(13(20)9-18)6-5-11(19)7-14(17)22-16/h3-6,11,14,19H,7-9H2,1-2H3/t11-,14-,17-/m0/s1. The lowest BCUT2D eigenvalue weighted by Gasteiger charge is -2.34. The van der Waals surface area contributed by atoms with Crippen molar-refractivity contribution in [1.82, 2.24) is 4.90 Å². The molecule has 0 fully saturated rings. The van der Waals surface area contributed by atoms with Crippen LogP contribution in [0.5, 0.6) is 11.5 Å². The predicted molar refractivity (Wildman–Crippen MR) is 80.2 cm³/mol. The molecule has 1 aliphatic carbocycles. The van der Waals surface area contributed by atoms with E-state index in [1.165, 1.54) is 0 Å². The number of ketones is 1. The lowest BCUT2D eigenvalue weighted by atomic mass is 9.68. The average Bonchev–Trinajstić information content (AvgIpc) is 2.77. The maximum atomic E-state index is 13.0. The van der Waals surface area contributed by atoms with Gasteiger partial charge in [-0.15, -0.1) is 0 Å².